The smallest absolute Gasteiger partial charge is 0.390 e. The van der Waals surface area contributed by atoms with Crippen LogP contribution in [0.4, 0.5) is 5.95 Å². The Labute approximate surface area is 104 Å². The van der Waals surface area contributed by atoms with Crippen molar-refractivity contribution in [2.75, 3.05) is 0 Å². The number of hydrogen-bond donors (Lipinski definition) is 2. The summed E-state index contributed by atoms with van der Waals surface area (Å²) in [5.74, 6) is 4.18. The fourth-order valence-corrected chi connectivity index (χ4v) is 2.16. The normalized spacial score (nSPS) is 10.3. The Hall–Kier alpha value is -2.33. The van der Waals surface area contributed by atoms with Crippen LogP contribution in [0.5, 0.6) is 0 Å². The number of thiophene rings is 1. The zero-order valence-electron chi connectivity index (χ0n) is 8.94. The first-order valence-electron chi connectivity index (χ1n) is 4.73. The first-order valence-corrected chi connectivity index (χ1v) is 5.55. The number of carbonyl (C=O) groups is 1. The van der Waals surface area contributed by atoms with Gasteiger partial charge in [-0.25, -0.2) is 5.84 Å². The Bertz CT molecular complexity index is 591. The zero-order chi connectivity index (χ0) is 13.1. The van der Waals surface area contributed by atoms with Crippen molar-refractivity contribution in [1.29, 1.82) is 0 Å². The number of nitrogens with two attached hydrogens (primary N) is 1. The van der Waals surface area contributed by atoms with Crippen molar-refractivity contribution in [1.82, 2.24) is 20.2 Å². The molecule has 0 aromatic carbocycles. The molecule has 2 rings (SSSR count). The van der Waals surface area contributed by atoms with Gasteiger partial charge in [-0.2, -0.15) is 4.68 Å². The van der Waals surface area contributed by atoms with E-state index in [1.54, 1.807) is 12.1 Å². The molecular weight excluding hydrogens is 260 g/mol. The van der Waals surface area contributed by atoms with Gasteiger partial charge >= 0.3 is 5.95 Å². The molecule has 0 spiro atoms. The maximum Gasteiger partial charge on any atom is 0.490 e. The van der Waals surface area contributed by atoms with Crippen LogP contribution in [-0.4, -0.2) is 25.6 Å². The number of nitro groups is 1. The minimum atomic E-state index is -0.668. The van der Waals surface area contributed by atoms with Gasteiger partial charge in [-0.05, 0) is 17.1 Å². The van der Waals surface area contributed by atoms with E-state index in [4.69, 9.17) is 5.84 Å². The molecule has 18 heavy (non-hydrogen) atoms. The Kier molecular flexibility index (Phi) is 3.30. The number of hydrogen-bond acceptors (Lipinski definition) is 7. The van der Waals surface area contributed by atoms with E-state index < -0.39 is 10.9 Å². The summed E-state index contributed by atoms with van der Waals surface area (Å²) in [5.41, 5.74) is 2.02. The lowest BCUT2D eigenvalue weighted by molar-refractivity contribution is -0.394. The van der Waals surface area contributed by atoms with E-state index in [1.165, 1.54) is 22.3 Å². The maximum absolute atomic E-state index is 11.2. The van der Waals surface area contributed by atoms with Gasteiger partial charge < -0.3 is 10.1 Å². The number of hydrazine groups is 1. The second-order valence-electron chi connectivity index (χ2n) is 3.24. The molecule has 9 nitrogen and oxygen atoms in total. The average molecular weight is 268 g/mol. The van der Waals surface area contributed by atoms with Crippen LogP contribution in [0.15, 0.2) is 18.5 Å². The second-order valence-corrected chi connectivity index (χ2v) is 4.41. The van der Waals surface area contributed by atoms with Crippen LogP contribution in [0.3, 0.4) is 0 Å². The Morgan fingerprint density at radius 2 is 2.39 bits per heavy atom. The van der Waals surface area contributed by atoms with Crippen molar-refractivity contribution in [3.63, 3.8) is 0 Å². The zero-order valence-corrected chi connectivity index (χ0v) is 9.75. The van der Waals surface area contributed by atoms with Crippen LogP contribution in [0, 0.1) is 10.1 Å². The molecule has 2 aromatic rings. The molecule has 94 valence electrons. The van der Waals surface area contributed by atoms with Crippen molar-refractivity contribution in [3.8, 4) is 0 Å². The molecular formula is C8H8N6O3S. The molecule has 0 atom stereocenters. The highest BCUT2D eigenvalue weighted by Gasteiger charge is 2.14. The summed E-state index contributed by atoms with van der Waals surface area (Å²) in [5, 5.41) is 14.1. The Morgan fingerprint density at radius 1 is 1.61 bits per heavy atom. The van der Waals surface area contributed by atoms with Gasteiger partial charge in [0.1, 0.15) is 0 Å². The molecule has 2 heterocycles. The molecule has 1 amide bonds. The largest absolute Gasteiger partial charge is 0.490 e. The van der Waals surface area contributed by atoms with Gasteiger partial charge in [-0.15, -0.1) is 11.3 Å². The van der Waals surface area contributed by atoms with Crippen LogP contribution in [0.25, 0.3) is 0 Å². The van der Waals surface area contributed by atoms with Gasteiger partial charge in [0.2, 0.25) is 6.33 Å². The van der Waals surface area contributed by atoms with Crippen LogP contribution in [-0.2, 0) is 6.54 Å². The SMILES string of the molecule is NNC(=O)c1ccc(Cn2cnc([N+](=O)[O-])n2)s1. The summed E-state index contributed by atoms with van der Waals surface area (Å²) < 4.78 is 1.33. The highest BCUT2D eigenvalue weighted by Crippen LogP contribution is 2.17. The van der Waals surface area contributed by atoms with Crippen molar-refractivity contribution >= 4 is 23.2 Å². The van der Waals surface area contributed by atoms with E-state index in [9.17, 15) is 14.9 Å². The predicted molar refractivity (Wildman–Crippen MR) is 61.8 cm³/mol. The van der Waals surface area contributed by atoms with Crippen molar-refractivity contribution < 1.29 is 9.72 Å². The summed E-state index contributed by atoms with van der Waals surface area (Å²) in [7, 11) is 0. The lowest BCUT2D eigenvalue weighted by Gasteiger charge is -1.93. The molecule has 0 aliphatic rings. The molecule has 0 saturated carbocycles. The number of nitrogens with one attached hydrogen (secondary N) is 1. The number of nitrogen functional groups attached to an aromatic ring is 1. The topological polar surface area (TPSA) is 129 Å². The second kappa shape index (κ2) is 4.89. The number of amides is 1. The van der Waals surface area contributed by atoms with E-state index in [-0.39, 0.29) is 5.91 Å². The molecule has 2 aromatic heterocycles. The molecule has 10 heteroatoms. The molecule has 0 bridgehead atoms. The lowest BCUT2D eigenvalue weighted by Crippen LogP contribution is -2.29. The molecule has 0 aliphatic heterocycles. The number of nitrogens with zero attached hydrogens (tertiary/aromatic N) is 4. The van der Waals surface area contributed by atoms with Gasteiger partial charge in [-0.1, -0.05) is 4.98 Å². The summed E-state index contributed by atoms with van der Waals surface area (Å²) in [6.07, 6.45) is 1.26. The monoisotopic (exact) mass is 268 g/mol. The van der Waals surface area contributed by atoms with Crippen molar-refractivity contribution in [3.05, 3.63) is 38.3 Å². The highest BCUT2D eigenvalue weighted by molar-refractivity contribution is 7.14. The number of aromatic nitrogens is 3. The lowest BCUT2D eigenvalue weighted by atomic mass is 10.4. The Morgan fingerprint density at radius 3 is 3.00 bits per heavy atom. The third-order valence-electron chi connectivity index (χ3n) is 2.02. The molecule has 0 unspecified atom stereocenters. The summed E-state index contributed by atoms with van der Waals surface area (Å²) in [6.45, 7) is 0.309. The van der Waals surface area contributed by atoms with E-state index >= 15 is 0 Å². The third kappa shape index (κ3) is 2.49. The molecule has 0 aliphatic carbocycles. The van der Waals surface area contributed by atoms with Crippen molar-refractivity contribution in [2.45, 2.75) is 6.54 Å². The van der Waals surface area contributed by atoms with Gasteiger partial charge in [-0.3, -0.25) is 10.2 Å². The molecule has 0 saturated heterocycles. The van der Waals surface area contributed by atoms with Crippen LogP contribution in [0.2, 0.25) is 0 Å². The summed E-state index contributed by atoms with van der Waals surface area (Å²) >= 11 is 1.23. The van der Waals surface area contributed by atoms with Gasteiger partial charge in [0.15, 0.2) is 0 Å². The van der Waals surface area contributed by atoms with Crippen molar-refractivity contribution in [2.24, 2.45) is 5.84 Å². The van der Waals surface area contributed by atoms with Gasteiger partial charge in [0, 0.05) is 9.98 Å². The standard InChI is InChI=1S/C8H8N6O3S/c9-11-7(15)6-2-1-5(18-6)3-13-4-10-8(12-13)14(16)17/h1-2,4H,3,9H2,(H,11,15). The average Bonchev–Trinajstić information content (AvgIpc) is 2.98. The highest BCUT2D eigenvalue weighted by atomic mass is 32.1. The number of rotatable bonds is 4. The van der Waals surface area contributed by atoms with Crippen LogP contribution in [0.1, 0.15) is 14.5 Å². The summed E-state index contributed by atoms with van der Waals surface area (Å²) in [6, 6.07) is 3.34. The first-order chi connectivity index (χ1) is 8.60. The Balaban J connectivity index is 2.11. The van der Waals surface area contributed by atoms with Crippen LogP contribution < -0.4 is 11.3 Å². The minimum absolute atomic E-state index is 0.309. The number of carbonyl (C=O) groups excluding carboxylic acids is 1. The molecule has 0 fully saturated rings. The van der Waals surface area contributed by atoms with E-state index in [2.05, 4.69) is 10.1 Å². The molecule has 3 N–H and O–H groups in total. The predicted octanol–water partition coefficient (Wildman–Crippen LogP) is -0.100. The molecule has 0 radical (unpaired) electrons. The van der Waals surface area contributed by atoms with E-state index in [1.807, 2.05) is 5.43 Å². The maximum atomic E-state index is 11.2. The first kappa shape index (κ1) is 12.1. The van der Waals surface area contributed by atoms with E-state index in [0.29, 0.717) is 11.4 Å². The van der Waals surface area contributed by atoms with Gasteiger partial charge in [0.25, 0.3) is 5.91 Å². The summed E-state index contributed by atoms with van der Waals surface area (Å²) in [4.78, 5) is 25.8. The quantitative estimate of drug-likeness (QED) is 0.345. The fraction of sp³-hybridized carbons (Fsp3) is 0.125. The fourth-order valence-electron chi connectivity index (χ4n) is 1.26. The minimum Gasteiger partial charge on any atom is -0.390 e. The van der Waals surface area contributed by atoms with Gasteiger partial charge in [0.05, 0.1) is 11.4 Å². The van der Waals surface area contributed by atoms with Crippen LogP contribution >= 0.6 is 11.3 Å². The van der Waals surface area contributed by atoms with E-state index in [0.717, 1.165) is 4.88 Å². The third-order valence-corrected chi connectivity index (χ3v) is 3.09.